The number of methoxy groups -OCH3 is 1. The topological polar surface area (TPSA) is 59.3 Å². The van der Waals surface area contributed by atoms with Gasteiger partial charge in [0.2, 0.25) is 0 Å². The van der Waals surface area contributed by atoms with Crippen molar-refractivity contribution in [3.05, 3.63) is 64.7 Å². The molecule has 2 rings (SSSR count). The number of hydrogen-bond donors (Lipinski definition) is 0. The minimum Gasteiger partial charge on any atom is -0.496 e. The molecule has 0 radical (unpaired) electrons. The van der Waals surface area contributed by atoms with Crippen molar-refractivity contribution in [2.45, 2.75) is 12.5 Å². The molecule has 0 N–H and O–H groups in total. The molecule has 0 aromatic heterocycles. The largest absolute Gasteiger partial charge is 0.496 e. The Kier molecular flexibility index (Phi) is 5.40. The summed E-state index contributed by atoms with van der Waals surface area (Å²) in [7, 11) is 1.53. The Bertz CT molecular complexity index is 692. The van der Waals surface area contributed by atoms with Gasteiger partial charge in [0.25, 0.3) is 0 Å². The molecule has 0 aliphatic rings. The number of halogens is 1. The molecule has 0 unspecified atom stereocenters. The van der Waals surface area contributed by atoms with Gasteiger partial charge >= 0.3 is 5.97 Å². The van der Waals surface area contributed by atoms with Gasteiger partial charge in [-0.2, -0.15) is 5.26 Å². The van der Waals surface area contributed by atoms with E-state index in [-0.39, 0.29) is 6.42 Å². The molecule has 0 heterocycles. The maximum absolute atomic E-state index is 12.2. The molecule has 0 saturated carbocycles. The molecule has 1 atom stereocenters. The summed E-state index contributed by atoms with van der Waals surface area (Å²) in [6.07, 6.45) is -0.649. The van der Waals surface area contributed by atoms with Gasteiger partial charge in [-0.1, -0.05) is 29.8 Å². The van der Waals surface area contributed by atoms with Gasteiger partial charge in [0, 0.05) is 10.6 Å². The Balaban J connectivity index is 2.23. The molecule has 0 spiro atoms. The fourth-order valence-corrected chi connectivity index (χ4v) is 2.14. The van der Waals surface area contributed by atoms with Gasteiger partial charge < -0.3 is 9.47 Å². The average molecular weight is 316 g/mol. The lowest BCUT2D eigenvalue weighted by atomic mass is 10.1. The van der Waals surface area contributed by atoms with Crippen LogP contribution in [-0.4, -0.2) is 13.1 Å². The number of hydrogen-bond acceptors (Lipinski definition) is 4. The Morgan fingerprint density at radius 2 is 1.91 bits per heavy atom. The van der Waals surface area contributed by atoms with Crippen molar-refractivity contribution in [1.82, 2.24) is 0 Å². The fraction of sp³-hybridized carbons (Fsp3) is 0.176. The van der Waals surface area contributed by atoms with Crippen molar-refractivity contribution in [2.24, 2.45) is 0 Å². The summed E-state index contributed by atoms with van der Waals surface area (Å²) in [6.45, 7) is 0. The van der Waals surface area contributed by atoms with Gasteiger partial charge in [-0.15, -0.1) is 0 Å². The maximum atomic E-state index is 12.2. The van der Waals surface area contributed by atoms with E-state index in [4.69, 9.17) is 26.3 Å². The van der Waals surface area contributed by atoms with Crippen LogP contribution in [0.4, 0.5) is 0 Å². The van der Waals surface area contributed by atoms with Crippen LogP contribution < -0.4 is 4.74 Å². The van der Waals surface area contributed by atoms with Crippen LogP contribution in [0.25, 0.3) is 0 Å². The van der Waals surface area contributed by atoms with E-state index < -0.39 is 12.1 Å². The number of carbonyl (C=O) groups excluding carboxylic acids is 1. The SMILES string of the molecule is COc1ccccc1[C@H](CC#N)OC(=O)c1ccc(Cl)cc1. The second-order valence-electron chi connectivity index (χ2n) is 4.51. The van der Waals surface area contributed by atoms with E-state index in [0.717, 1.165) is 0 Å². The number of ether oxygens (including phenoxy) is 2. The molecule has 2 aromatic carbocycles. The van der Waals surface area contributed by atoms with Crippen LogP contribution >= 0.6 is 11.6 Å². The van der Waals surface area contributed by atoms with Crippen molar-refractivity contribution in [3.8, 4) is 11.8 Å². The molecule has 5 heteroatoms. The molecule has 0 saturated heterocycles. The molecule has 112 valence electrons. The Morgan fingerprint density at radius 1 is 1.23 bits per heavy atom. The molecule has 4 nitrogen and oxygen atoms in total. The highest BCUT2D eigenvalue weighted by molar-refractivity contribution is 6.30. The highest BCUT2D eigenvalue weighted by atomic mass is 35.5. The molecule has 0 aliphatic carbocycles. The van der Waals surface area contributed by atoms with Crippen LogP contribution in [0.5, 0.6) is 5.75 Å². The quantitative estimate of drug-likeness (QED) is 0.777. The number of rotatable bonds is 5. The summed E-state index contributed by atoms with van der Waals surface area (Å²) in [4.78, 5) is 12.2. The van der Waals surface area contributed by atoms with Gasteiger partial charge in [-0.25, -0.2) is 4.79 Å². The highest BCUT2D eigenvalue weighted by Crippen LogP contribution is 2.30. The standard InChI is InChI=1S/C17H14ClNO3/c1-21-15-5-3-2-4-14(15)16(10-11-19)22-17(20)12-6-8-13(18)9-7-12/h2-9,16H,10H2,1H3/t16-/m0/s1. The first-order valence-corrected chi connectivity index (χ1v) is 7.00. The van der Waals surface area contributed by atoms with E-state index in [1.807, 2.05) is 12.1 Å². The smallest absolute Gasteiger partial charge is 0.338 e. The fourth-order valence-electron chi connectivity index (χ4n) is 2.01. The molecule has 0 amide bonds. The van der Waals surface area contributed by atoms with Crippen molar-refractivity contribution >= 4 is 17.6 Å². The minimum absolute atomic E-state index is 0.0414. The van der Waals surface area contributed by atoms with E-state index in [2.05, 4.69) is 0 Å². The van der Waals surface area contributed by atoms with Crippen LogP contribution in [0, 0.1) is 11.3 Å². The monoisotopic (exact) mass is 315 g/mol. The Labute approximate surface area is 133 Å². The van der Waals surface area contributed by atoms with Crippen LogP contribution in [-0.2, 0) is 4.74 Å². The summed E-state index contributed by atoms with van der Waals surface area (Å²) < 4.78 is 10.7. The zero-order chi connectivity index (χ0) is 15.9. The van der Waals surface area contributed by atoms with Crippen molar-refractivity contribution in [2.75, 3.05) is 7.11 Å². The van der Waals surface area contributed by atoms with Crippen molar-refractivity contribution < 1.29 is 14.3 Å². The summed E-state index contributed by atoms with van der Waals surface area (Å²) in [5, 5.41) is 9.52. The first-order chi connectivity index (χ1) is 10.7. The molecular weight excluding hydrogens is 302 g/mol. The third-order valence-electron chi connectivity index (χ3n) is 3.09. The first kappa shape index (κ1) is 15.9. The second kappa shape index (κ2) is 7.48. The van der Waals surface area contributed by atoms with E-state index in [1.165, 1.54) is 7.11 Å². The van der Waals surface area contributed by atoms with E-state index in [9.17, 15) is 4.79 Å². The van der Waals surface area contributed by atoms with Gasteiger partial charge in [-0.3, -0.25) is 0 Å². The second-order valence-corrected chi connectivity index (χ2v) is 4.94. The number of benzene rings is 2. The normalized spacial score (nSPS) is 11.3. The van der Waals surface area contributed by atoms with Crippen LogP contribution in [0.3, 0.4) is 0 Å². The summed E-state index contributed by atoms with van der Waals surface area (Å²) in [5.74, 6) is 0.0643. The Hall–Kier alpha value is -2.51. The van der Waals surface area contributed by atoms with E-state index in [1.54, 1.807) is 42.5 Å². The first-order valence-electron chi connectivity index (χ1n) is 6.62. The molecule has 0 fully saturated rings. The van der Waals surface area contributed by atoms with Gasteiger partial charge in [0.1, 0.15) is 11.9 Å². The minimum atomic E-state index is -0.690. The third-order valence-corrected chi connectivity index (χ3v) is 3.34. The molecular formula is C17H14ClNO3. The number of esters is 1. The zero-order valence-electron chi connectivity index (χ0n) is 12.0. The lowest BCUT2D eigenvalue weighted by Gasteiger charge is -2.18. The number of para-hydroxylation sites is 1. The summed E-state index contributed by atoms with van der Waals surface area (Å²) in [5.41, 5.74) is 1.04. The number of carbonyl (C=O) groups is 1. The molecule has 2 aromatic rings. The van der Waals surface area contributed by atoms with Gasteiger partial charge in [0.05, 0.1) is 25.2 Å². The number of nitriles is 1. The Morgan fingerprint density at radius 3 is 2.55 bits per heavy atom. The van der Waals surface area contributed by atoms with Crippen molar-refractivity contribution in [1.29, 1.82) is 5.26 Å². The van der Waals surface area contributed by atoms with Crippen molar-refractivity contribution in [3.63, 3.8) is 0 Å². The van der Waals surface area contributed by atoms with E-state index >= 15 is 0 Å². The molecule has 22 heavy (non-hydrogen) atoms. The van der Waals surface area contributed by atoms with Gasteiger partial charge in [-0.05, 0) is 30.3 Å². The summed E-state index contributed by atoms with van der Waals surface area (Å²) in [6, 6.07) is 15.6. The van der Waals surface area contributed by atoms with Gasteiger partial charge in [0.15, 0.2) is 0 Å². The van der Waals surface area contributed by atoms with E-state index in [0.29, 0.717) is 21.9 Å². The number of nitrogens with zero attached hydrogens (tertiary/aromatic N) is 1. The van der Waals surface area contributed by atoms with Crippen LogP contribution in [0.1, 0.15) is 28.4 Å². The highest BCUT2D eigenvalue weighted by Gasteiger charge is 2.21. The predicted octanol–water partition coefficient (Wildman–Crippen LogP) is 4.16. The summed E-state index contributed by atoms with van der Waals surface area (Å²) >= 11 is 5.80. The predicted molar refractivity (Wildman–Crippen MR) is 82.8 cm³/mol. The third kappa shape index (κ3) is 3.78. The lowest BCUT2D eigenvalue weighted by Crippen LogP contribution is -2.12. The van der Waals surface area contributed by atoms with Crippen LogP contribution in [0.15, 0.2) is 48.5 Å². The molecule has 0 bridgehead atoms. The average Bonchev–Trinajstić information content (AvgIpc) is 2.55. The molecule has 0 aliphatic heterocycles. The lowest BCUT2D eigenvalue weighted by molar-refractivity contribution is 0.0302. The maximum Gasteiger partial charge on any atom is 0.338 e. The van der Waals surface area contributed by atoms with Crippen LogP contribution in [0.2, 0.25) is 5.02 Å². The zero-order valence-corrected chi connectivity index (χ0v) is 12.7.